The van der Waals surface area contributed by atoms with Gasteiger partial charge in [0.1, 0.15) is 0 Å². The van der Waals surface area contributed by atoms with Crippen molar-refractivity contribution in [3.8, 4) is 0 Å². The minimum atomic E-state index is -0.588. The van der Waals surface area contributed by atoms with Gasteiger partial charge in [0.15, 0.2) is 0 Å². The van der Waals surface area contributed by atoms with E-state index in [9.17, 15) is 5.11 Å². The van der Waals surface area contributed by atoms with E-state index in [0.29, 0.717) is 12.6 Å². The quantitative estimate of drug-likeness (QED) is 0.890. The van der Waals surface area contributed by atoms with Crippen LogP contribution in [0.5, 0.6) is 0 Å². The normalized spacial score (nSPS) is 27.0. The molecule has 1 aromatic rings. The van der Waals surface area contributed by atoms with Crippen molar-refractivity contribution in [2.24, 2.45) is 0 Å². The summed E-state index contributed by atoms with van der Waals surface area (Å²) in [5, 5.41) is 14.3. The predicted molar refractivity (Wildman–Crippen MR) is 78.8 cm³/mol. The van der Waals surface area contributed by atoms with Crippen molar-refractivity contribution in [2.75, 3.05) is 18.0 Å². The average molecular weight is 281 g/mol. The topological polar surface area (TPSA) is 35.5 Å². The summed E-state index contributed by atoms with van der Waals surface area (Å²) < 4.78 is 0. The van der Waals surface area contributed by atoms with Crippen molar-refractivity contribution < 1.29 is 5.11 Å². The van der Waals surface area contributed by atoms with E-state index in [1.54, 1.807) is 0 Å². The molecule has 4 heteroatoms. The van der Waals surface area contributed by atoms with Gasteiger partial charge in [-0.05, 0) is 43.9 Å². The number of nitrogens with one attached hydrogen (secondary N) is 1. The molecule has 1 aliphatic heterocycles. The highest BCUT2D eigenvalue weighted by atomic mass is 35.5. The summed E-state index contributed by atoms with van der Waals surface area (Å²) in [4.78, 5) is 2.17. The molecule has 2 N–H and O–H groups in total. The van der Waals surface area contributed by atoms with Gasteiger partial charge in [-0.1, -0.05) is 17.7 Å². The van der Waals surface area contributed by atoms with Crippen LogP contribution in [0.3, 0.4) is 0 Å². The Kier molecular flexibility index (Phi) is 3.46. The fraction of sp³-hybridized carbons (Fsp3) is 0.600. The lowest BCUT2D eigenvalue weighted by molar-refractivity contribution is 0.0839. The van der Waals surface area contributed by atoms with Crippen molar-refractivity contribution >= 4 is 17.3 Å². The number of benzene rings is 1. The summed E-state index contributed by atoms with van der Waals surface area (Å²) in [6, 6.07) is 6.96. The van der Waals surface area contributed by atoms with E-state index in [1.807, 2.05) is 13.0 Å². The first-order valence-electron chi connectivity index (χ1n) is 7.03. The van der Waals surface area contributed by atoms with Gasteiger partial charge in [-0.3, -0.25) is 0 Å². The minimum absolute atomic E-state index is 0.588. The highest BCUT2D eigenvalue weighted by molar-refractivity contribution is 6.33. The zero-order chi connectivity index (χ0) is 13.5. The summed E-state index contributed by atoms with van der Waals surface area (Å²) >= 11 is 6.38. The summed E-state index contributed by atoms with van der Waals surface area (Å²) in [6.45, 7) is 4.30. The molecule has 1 heterocycles. The second-order valence-electron chi connectivity index (χ2n) is 6.11. The Morgan fingerprint density at radius 2 is 2.26 bits per heavy atom. The Labute approximate surface area is 119 Å². The monoisotopic (exact) mass is 280 g/mol. The number of aliphatic hydroxyl groups is 1. The first-order chi connectivity index (χ1) is 9.03. The van der Waals surface area contributed by atoms with Gasteiger partial charge in [0.25, 0.3) is 0 Å². The van der Waals surface area contributed by atoms with Crippen LogP contribution in [0.4, 0.5) is 5.69 Å². The second kappa shape index (κ2) is 4.97. The van der Waals surface area contributed by atoms with Crippen molar-refractivity contribution in [1.82, 2.24) is 5.32 Å². The third-order valence-electron chi connectivity index (χ3n) is 3.98. The van der Waals surface area contributed by atoms with Gasteiger partial charge in [-0.15, -0.1) is 0 Å². The molecular formula is C15H21ClN2O. The Balaban J connectivity index is 1.68. The van der Waals surface area contributed by atoms with Gasteiger partial charge < -0.3 is 15.3 Å². The first-order valence-corrected chi connectivity index (χ1v) is 7.40. The lowest BCUT2D eigenvalue weighted by Crippen LogP contribution is -2.29. The Bertz CT molecular complexity index is 471. The number of rotatable bonds is 4. The van der Waals surface area contributed by atoms with Crippen LogP contribution in [-0.4, -0.2) is 29.8 Å². The number of β-amino-alcohol motifs (C(OH)–C–C–N with tert-alkyl or cyclic N) is 1. The van der Waals surface area contributed by atoms with Crippen molar-refractivity contribution in [3.63, 3.8) is 0 Å². The molecule has 1 saturated carbocycles. The van der Waals surface area contributed by atoms with Crippen LogP contribution in [0.15, 0.2) is 18.2 Å². The van der Waals surface area contributed by atoms with Crippen LogP contribution in [0.1, 0.15) is 31.7 Å². The highest BCUT2D eigenvalue weighted by Crippen LogP contribution is 2.32. The molecule has 104 valence electrons. The van der Waals surface area contributed by atoms with Crippen LogP contribution in [0, 0.1) is 0 Å². The molecule has 0 amide bonds. The zero-order valence-electron chi connectivity index (χ0n) is 11.3. The Hall–Kier alpha value is -0.770. The fourth-order valence-corrected chi connectivity index (χ4v) is 2.94. The van der Waals surface area contributed by atoms with E-state index >= 15 is 0 Å². The van der Waals surface area contributed by atoms with E-state index < -0.39 is 5.60 Å². The molecule has 0 bridgehead atoms. The number of nitrogens with zero attached hydrogens (tertiary/aromatic N) is 1. The van der Waals surface area contributed by atoms with E-state index in [0.717, 1.165) is 30.2 Å². The second-order valence-corrected chi connectivity index (χ2v) is 6.52. The van der Waals surface area contributed by atoms with Gasteiger partial charge in [-0.2, -0.15) is 0 Å². The maximum Gasteiger partial charge on any atom is 0.0810 e. The van der Waals surface area contributed by atoms with E-state index in [4.69, 9.17) is 11.6 Å². The number of hydrogen-bond donors (Lipinski definition) is 2. The van der Waals surface area contributed by atoms with Crippen molar-refractivity contribution in [1.29, 1.82) is 0 Å². The Morgan fingerprint density at radius 3 is 2.84 bits per heavy atom. The van der Waals surface area contributed by atoms with E-state index in [2.05, 4.69) is 22.3 Å². The standard InChI is InChI=1S/C15H21ClN2O/c1-15(19)6-7-18(10-15)14-5-2-11(8-13(14)16)9-17-12-3-4-12/h2,5,8,12,17,19H,3-4,6-7,9-10H2,1H3. The Morgan fingerprint density at radius 1 is 1.47 bits per heavy atom. The highest BCUT2D eigenvalue weighted by Gasteiger charge is 2.32. The van der Waals surface area contributed by atoms with Gasteiger partial charge >= 0.3 is 0 Å². The SMILES string of the molecule is CC1(O)CCN(c2ccc(CNC3CC3)cc2Cl)C1. The molecule has 1 aliphatic carbocycles. The van der Waals surface area contributed by atoms with Crippen LogP contribution >= 0.6 is 11.6 Å². The molecule has 0 radical (unpaired) electrons. The van der Waals surface area contributed by atoms with Gasteiger partial charge in [0, 0.05) is 25.7 Å². The van der Waals surface area contributed by atoms with Gasteiger partial charge in [0.2, 0.25) is 0 Å². The van der Waals surface area contributed by atoms with Crippen molar-refractivity contribution in [2.45, 2.75) is 44.4 Å². The van der Waals surface area contributed by atoms with E-state index in [1.165, 1.54) is 18.4 Å². The van der Waals surface area contributed by atoms with Gasteiger partial charge in [0.05, 0.1) is 16.3 Å². The summed E-state index contributed by atoms with van der Waals surface area (Å²) in [7, 11) is 0. The molecule has 1 aromatic carbocycles. The maximum absolute atomic E-state index is 10.0. The summed E-state index contributed by atoms with van der Waals surface area (Å²) in [5.74, 6) is 0. The molecule has 2 fully saturated rings. The molecule has 3 rings (SSSR count). The largest absolute Gasteiger partial charge is 0.388 e. The predicted octanol–water partition coefficient (Wildman–Crippen LogP) is 2.55. The lowest BCUT2D eigenvalue weighted by Gasteiger charge is -2.22. The molecular weight excluding hydrogens is 260 g/mol. The molecule has 1 saturated heterocycles. The average Bonchev–Trinajstić information content (AvgIpc) is 3.11. The van der Waals surface area contributed by atoms with Crippen LogP contribution in [-0.2, 0) is 6.54 Å². The summed E-state index contributed by atoms with van der Waals surface area (Å²) in [6.07, 6.45) is 3.40. The number of hydrogen-bond acceptors (Lipinski definition) is 3. The third kappa shape index (κ3) is 3.22. The van der Waals surface area contributed by atoms with E-state index in [-0.39, 0.29) is 0 Å². The zero-order valence-corrected chi connectivity index (χ0v) is 12.1. The molecule has 1 unspecified atom stereocenters. The summed E-state index contributed by atoms with van der Waals surface area (Å²) in [5.41, 5.74) is 1.68. The third-order valence-corrected chi connectivity index (χ3v) is 4.28. The molecule has 0 aromatic heterocycles. The first kappa shape index (κ1) is 13.2. The van der Waals surface area contributed by atoms with Crippen LogP contribution in [0.2, 0.25) is 5.02 Å². The molecule has 19 heavy (non-hydrogen) atoms. The van der Waals surface area contributed by atoms with Crippen LogP contribution < -0.4 is 10.2 Å². The molecule has 0 spiro atoms. The lowest BCUT2D eigenvalue weighted by atomic mass is 10.1. The minimum Gasteiger partial charge on any atom is -0.388 e. The molecule has 3 nitrogen and oxygen atoms in total. The van der Waals surface area contributed by atoms with Crippen molar-refractivity contribution in [3.05, 3.63) is 28.8 Å². The maximum atomic E-state index is 10.0. The smallest absolute Gasteiger partial charge is 0.0810 e. The number of halogens is 1. The van der Waals surface area contributed by atoms with Crippen LogP contribution in [0.25, 0.3) is 0 Å². The number of anilines is 1. The van der Waals surface area contributed by atoms with Gasteiger partial charge in [-0.25, -0.2) is 0 Å². The molecule has 1 atom stereocenters. The fourth-order valence-electron chi connectivity index (χ4n) is 2.62. The molecule has 2 aliphatic rings.